The molecule has 106 valence electrons. The van der Waals surface area contributed by atoms with E-state index in [0.717, 1.165) is 36.4 Å². The summed E-state index contributed by atoms with van der Waals surface area (Å²) in [6.07, 6.45) is 1.64. The predicted octanol–water partition coefficient (Wildman–Crippen LogP) is 3.18. The molecular weight excluding hydrogens is 323 g/mol. The number of hydrogen-bond acceptors (Lipinski definition) is 3. The van der Waals surface area contributed by atoms with Crippen LogP contribution in [0.1, 0.15) is 17.4 Å². The van der Waals surface area contributed by atoms with E-state index in [0.29, 0.717) is 5.56 Å². The number of furan rings is 1. The Morgan fingerprint density at radius 3 is 2.75 bits per heavy atom. The van der Waals surface area contributed by atoms with Crippen LogP contribution in [0.4, 0.5) is 4.39 Å². The Morgan fingerprint density at radius 1 is 1.25 bits per heavy atom. The van der Waals surface area contributed by atoms with Crippen molar-refractivity contribution >= 4 is 15.9 Å². The molecule has 2 heterocycles. The SMILES string of the molecule is Fc1ccc(Br)cc1[C@@H](c1ccco1)N1CCNCC1. The molecule has 20 heavy (non-hydrogen) atoms. The lowest BCUT2D eigenvalue weighted by Crippen LogP contribution is -2.45. The molecule has 2 aromatic rings. The second-order valence-corrected chi connectivity index (χ2v) is 5.79. The third kappa shape index (κ3) is 2.80. The summed E-state index contributed by atoms with van der Waals surface area (Å²) in [5, 5.41) is 3.32. The fraction of sp³-hybridized carbons (Fsp3) is 0.333. The summed E-state index contributed by atoms with van der Waals surface area (Å²) in [7, 11) is 0. The van der Waals surface area contributed by atoms with E-state index in [2.05, 4.69) is 26.1 Å². The molecule has 1 N–H and O–H groups in total. The zero-order valence-electron chi connectivity index (χ0n) is 11.0. The van der Waals surface area contributed by atoms with Gasteiger partial charge in [-0.2, -0.15) is 0 Å². The lowest BCUT2D eigenvalue weighted by atomic mass is 10.0. The van der Waals surface area contributed by atoms with E-state index in [9.17, 15) is 4.39 Å². The van der Waals surface area contributed by atoms with Gasteiger partial charge in [0.1, 0.15) is 11.6 Å². The molecule has 0 aliphatic carbocycles. The van der Waals surface area contributed by atoms with Crippen molar-refractivity contribution in [2.75, 3.05) is 26.2 Å². The minimum atomic E-state index is -0.201. The first kappa shape index (κ1) is 13.8. The first-order valence-electron chi connectivity index (χ1n) is 6.69. The van der Waals surface area contributed by atoms with Crippen molar-refractivity contribution in [2.45, 2.75) is 6.04 Å². The maximum Gasteiger partial charge on any atom is 0.128 e. The molecule has 1 aromatic carbocycles. The van der Waals surface area contributed by atoms with Crippen molar-refractivity contribution < 1.29 is 8.81 Å². The van der Waals surface area contributed by atoms with E-state index in [-0.39, 0.29) is 11.9 Å². The standard InChI is InChI=1S/C15H16BrFN2O/c16-11-3-4-13(17)12(10-11)15(14-2-1-9-20-14)19-7-5-18-6-8-19/h1-4,9-10,15,18H,5-8H2/t15-/m0/s1. The molecule has 1 aliphatic heterocycles. The Balaban J connectivity index is 2.02. The molecule has 3 rings (SSSR count). The monoisotopic (exact) mass is 338 g/mol. The van der Waals surface area contributed by atoms with Gasteiger partial charge in [-0.15, -0.1) is 0 Å². The van der Waals surface area contributed by atoms with Crippen LogP contribution in [-0.4, -0.2) is 31.1 Å². The lowest BCUT2D eigenvalue weighted by Gasteiger charge is -2.34. The summed E-state index contributed by atoms with van der Waals surface area (Å²) in [5.41, 5.74) is 0.649. The third-order valence-corrected chi connectivity index (χ3v) is 4.08. The maximum atomic E-state index is 14.3. The topological polar surface area (TPSA) is 28.4 Å². The van der Waals surface area contributed by atoms with E-state index >= 15 is 0 Å². The van der Waals surface area contributed by atoms with Gasteiger partial charge in [-0.25, -0.2) is 4.39 Å². The molecule has 0 saturated carbocycles. The van der Waals surface area contributed by atoms with Crippen LogP contribution in [0.2, 0.25) is 0 Å². The summed E-state index contributed by atoms with van der Waals surface area (Å²) < 4.78 is 20.7. The number of halogens is 2. The van der Waals surface area contributed by atoms with Crippen molar-refractivity contribution in [3.63, 3.8) is 0 Å². The Bertz CT molecular complexity index is 567. The van der Waals surface area contributed by atoms with Gasteiger partial charge in [0.25, 0.3) is 0 Å². The molecule has 1 atom stereocenters. The number of rotatable bonds is 3. The van der Waals surface area contributed by atoms with E-state index < -0.39 is 0 Å². The maximum absolute atomic E-state index is 14.3. The van der Waals surface area contributed by atoms with Crippen LogP contribution in [0.15, 0.2) is 45.5 Å². The summed E-state index contributed by atoms with van der Waals surface area (Å²) in [4.78, 5) is 2.25. The first-order chi connectivity index (χ1) is 9.75. The van der Waals surface area contributed by atoms with Crippen LogP contribution in [-0.2, 0) is 0 Å². The predicted molar refractivity (Wildman–Crippen MR) is 79.1 cm³/mol. The van der Waals surface area contributed by atoms with Crippen LogP contribution in [0.5, 0.6) is 0 Å². The minimum Gasteiger partial charge on any atom is -0.467 e. The molecular formula is C15H16BrFN2O. The van der Waals surface area contributed by atoms with Crippen molar-refractivity contribution in [1.82, 2.24) is 10.2 Å². The van der Waals surface area contributed by atoms with Crippen molar-refractivity contribution in [3.05, 3.63) is 58.2 Å². The lowest BCUT2D eigenvalue weighted by molar-refractivity contribution is 0.177. The number of benzene rings is 1. The highest BCUT2D eigenvalue weighted by atomic mass is 79.9. The van der Waals surface area contributed by atoms with Crippen molar-refractivity contribution in [3.8, 4) is 0 Å². The van der Waals surface area contributed by atoms with Gasteiger partial charge in [0.15, 0.2) is 0 Å². The zero-order chi connectivity index (χ0) is 13.9. The van der Waals surface area contributed by atoms with Gasteiger partial charge in [0, 0.05) is 36.2 Å². The molecule has 0 unspecified atom stereocenters. The van der Waals surface area contributed by atoms with Crippen molar-refractivity contribution in [2.24, 2.45) is 0 Å². The first-order valence-corrected chi connectivity index (χ1v) is 7.48. The average molecular weight is 339 g/mol. The molecule has 1 aromatic heterocycles. The van der Waals surface area contributed by atoms with Gasteiger partial charge in [-0.05, 0) is 30.3 Å². The van der Waals surface area contributed by atoms with Gasteiger partial charge in [-0.3, -0.25) is 4.90 Å². The third-order valence-electron chi connectivity index (χ3n) is 3.58. The van der Waals surface area contributed by atoms with Gasteiger partial charge in [0.2, 0.25) is 0 Å². The van der Waals surface area contributed by atoms with Crippen LogP contribution in [0.25, 0.3) is 0 Å². The second kappa shape index (κ2) is 6.08. The van der Waals surface area contributed by atoms with Gasteiger partial charge in [0.05, 0.1) is 12.3 Å². The Labute approximate surface area is 125 Å². The molecule has 1 saturated heterocycles. The number of nitrogens with one attached hydrogen (secondary N) is 1. The molecule has 1 aliphatic rings. The molecule has 0 spiro atoms. The largest absolute Gasteiger partial charge is 0.467 e. The van der Waals surface area contributed by atoms with E-state index in [1.165, 1.54) is 6.07 Å². The number of piperazine rings is 1. The second-order valence-electron chi connectivity index (χ2n) is 4.87. The fourth-order valence-corrected chi connectivity index (χ4v) is 3.02. The Morgan fingerprint density at radius 2 is 2.05 bits per heavy atom. The highest BCUT2D eigenvalue weighted by Gasteiger charge is 2.28. The van der Waals surface area contributed by atoms with E-state index in [4.69, 9.17) is 4.42 Å². The fourth-order valence-electron chi connectivity index (χ4n) is 2.64. The number of hydrogen-bond donors (Lipinski definition) is 1. The van der Waals surface area contributed by atoms with Gasteiger partial charge >= 0.3 is 0 Å². The van der Waals surface area contributed by atoms with Gasteiger partial charge in [-0.1, -0.05) is 15.9 Å². The minimum absolute atomic E-state index is 0.176. The van der Waals surface area contributed by atoms with Crippen LogP contribution >= 0.6 is 15.9 Å². The summed E-state index contributed by atoms with van der Waals surface area (Å²) >= 11 is 3.42. The van der Waals surface area contributed by atoms with E-state index in [1.54, 1.807) is 12.3 Å². The Kier molecular flexibility index (Phi) is 4.19. The van der Waals surface area contributed by atoms with E-state index in [1.807, 2.05) is 18.2 Å². The normalized spacial score (nSPS) is 18.1. The zero-order valence-corrected chi connectivity index (χ0v) is 12.6. The summed E-state index contributed by atoms with van der Waals surface area (Å²) in [6, 6.07) is 8.63. The molecule has 5 heteroatoms. The Hall–Kier alpha value is -1.17. The molecule has 1 fully saturated rings. The highest BCUT2D eigenvalue weighted by molar-refractivity contribution is 9.10. The van der Waals surface area contributed by atoms with Gasteiger partial charge < -0.3 is 9.73 Å². The summed E-state index contributed by atoms with van der Waals surface area (Å²) in [5.74, 6) is 0.581. The molecule has 0 amide bonds. The smallest absolute Gasteiger partial charge is 0.128 e. The highest BCUT2D eigenvalue weighted by Crippen LogP contribution is 2.32. The average Bonchev–Trinajstić information content (AvgIpc) is 2.98. The quantitative estimate of drug-likeness (QED) is 0.931. The van der Waals surface area contributed by atoms with Crippen LogP contribution in [0, 0.1) is 5.82 Å². The van der Waals surface area contributed by atoms with Crippen LogP contribution < -0.4 is 5.32 Å². The molecule has 0 bridgehead atoms. The summed E-state index contributed by atoms with van der Waals surface area (Å²) in [6.45, 7) is 3.56. The molecule has 0 radical (unpaired) electrons. The molecule has 3 nitrogen and oxygen atoms in total. The van der Waals surface area contributed by atoms with Crippen molar-refractivity contribution in [1.29, 1.82) is 0 Å². The van der Waals surface area contributed by atoms with Crippen LogP contribution in [0.3, 0.4) is 0 Å². The number of nitrogens with zero attached hydrogens (tertiary/aromatic N) is 1.